The van der Waals surface area contributed by atoms with E-state index in [0.29, 0.717) is 13.1 Å². The number of nitrogens with zero attached hydrogens (tertiary/aromatic N) is 1. The molecule has 0 unspecified atom stereocenters. The van der Waals surface area contributed by atoms with E-state index in [2.05, 4.69) is 5.32 Å². The molecule has 1 aliphatic heterocycles. The molecule has 0 aromatic heterocycles. The second-order valence-corrected chi connectivity index (χ2v) is 3.07. The van der Waals surface area contributed by atoms with Gasteiger partial charge < -0.3 is 20.4 Å². The molecule has 0 aromatic rings. The quantitative estimate of drug-likeness (QED) is 0.492. The molecule has 1 amide bonds. The molecule has 0 saturated carbocycles. The molecule has 2 atom stereocenters. The number of aliphatic hydroxyl groups is 1. The van der Waals surface area contributed by atoms with Crippen LogP contribution < -0.4 is 5.32 Å². The molecule has 0 spiro atoms. The Bertz CT molecular complexity index is 174. The lowest BCUT2D eigenvalue weighted by atomic mass is 10.1. The Kier molecular flexibility index (Phi) is 2.88. The van der Waals surface area contributed by atoms with Crippen LogP contribution in [0.2, 0.25) is 0 Å². The predicted molar refractivity (Wildman–Crippen MR) is 43.1 cm³/mol. The van der Waals surface area contributed by atoms with Gasteiger partial charge in [-0.3, -0.25) is 0 Å². The van der Waals surface area contributed by atoms with Gasteiger partial charge in [-0.15, -0.1) is 0 Å². The average molecular weight is 174 g/mol. The first-order valence-corrected chi connectivity index (χ1v) is 3.99. The highest BCUT2D eigenvalue weighted by molar-refractivity contribution is 5.65. The number of rotatable bonds is 1. The summed E-state index contributed by atoms with van der Waals surface area (Å²) in [6.45, 7) is 2.80. The van der Waals surface area contributed by atoms with Crippen molar-refractivity contribution in [1.82, 2.24) is 10.2 Å². The van der Waals surface area contributed by atoms with Crippen LogP contribution in [0.4, 0.5) is 4.79 Å². The van der Waals surface area contributed by atoms with Crippen LogP contribution in [0.25, 0.3) is 0 Å². The molecular formula is C7H14N2O3. The van der Waals surface area contributed by atoms with E-state index in [1.165, 1.54) is 4.90 Å². The maximum Gasteiger partial charge on any atom is 0.407 e. The third-order valence-corrected chi connectivity index (χ3v) is 2.12. The molecular weight excluding hydrogens is 160 g/mol. The van der Waals surface area contributed by atoms with Gasteiger partial charge in [-0.05, 0) is 6.92 Å². The Morgan fingerprint density at radius 3 is 2.92 bits per heavy atom. The maximum absolute atomic E-state index is 10.6. The van der Waals surface area contributed by atoms with Crippen molar-refractivity contribution >= 4 is 6.09 Å². The zero-order valence-corrected chi connectivity index (χ0v) is 7.03. The van der Waals surface area contributed by atoms with E-state index < -0.39 is 6.09 Å². The average Bonchev–Trinajstić information content (AvgIpc) is 2.05. The number of aliphatic hydroxyl groups excluding tert-OH is 1. The SMILES string of the molecule is C[C@@H]1CN[C@H](CO)CN1C(=O)O. The second-order valence-electron chi connectivity index (χ2n) is 3.07. The number of piperazine rings is 1. The van der Waals surface area contributed by atoms with Crippen molar-refractivity contribution in [1.29, 1.82) is 0 Å². The van der Waals surface area contributed by atoms with Gasteiger partial charge in [0.25, 0.3) is 0 Å². The van der Waals surface area contributed by atoms with Gasteiger partial charge in [-0.25, -0.2) is 4.79 Å². The van der Waals surface area contributed by atoms with Crippen molar-refractivity contribution in [3.05, 3.63) is 0 Å². The van der Waals surface area contributed by atoms with Crippen molar-refractivity contribution in [2.24, 2.45) is 0 Å². The van der Waals surface area contributed by atoms with Crippen LogP contribution in [0.3, 0.4) is 0 Å². The lowest BCUT2D eigenvalue weighted by Crippen LogP contribution is -2.58. The zero-order valence-electron chi connectivity index (χ0n) is 7.03. The first kappa shape index (κ1) is 9.28. The minimum absolute atomic E-state index is 0.00898. The highest BCUT2D eigenvalue weighted by atomic mass is 16.4. The topological polar surface area (TPSA) is 72.8 Å². The van der Waals surface area contributed by atoms with Crippen molar-refractivity contribution < 1.29 is 15.0 Å². The van der Waals surface area contributed by atoms with Crippen molar-refractivity contribution in [2.45, 2.75) is 19.0 Å². The molecule has 70 valence electrons. The number of hydrogen-bond donors (Lipinski definition) is 3. The van der Waals surface area contributed by atoms with Crippen LogP contribution in [0, 0.1) is 0 Å². The third-order valence-electron chi connectivity index (χ3n) is 2.12. The molecule has 1 saturated heterocycles. The first-order valence-electron chi connectivity index (χ1n) is 3.99. The van der Waals surface area contributed by atoms with E-state index in [1.807, 2.05) is 6.92 Å². The molecule has 0 aliphatic carbocycles. The Labute approximate surface area is 71.0 Å². The fraction of sp³-hybridized carbons (Fsp3) is 0.857. The van der Waals surface area contributed by atoms with Gasteiger partial charge in [0.05, 0.1) is 6.61 Å². The molecule has 1 aliphatic rings. The highest BCUT2D eigenvalue weighted by Crippen LogP contribution is 2.06. The van der Waals surface area contributed by atoms with Gasteiger partial charge in [-0.1, -0.05) is 0 Å². The number of amides is 1. The smallest absolute Gasteiger partial charge is 0.407 e. The highest BCUT2D eigenvalue weighted by Gasteiger charge is 2.27. The van der Waals surface area contributed by atoms with Crippen LogP contribution in [-0.2, 0) is 0 Å². The summed E-state index contributed by atoms with van der Waals surface area (Å²) in [7, 11) is 0. The minimum Gasteiger partial charge on any atom is -0.465 e. The van der Waals surface area contributed by atoms with Crippen LogP contribution in [-0.4, -0.2) is 53.0 Å². The molecule has 12 heavy (non-hydrogen) atoms. The Morgan fingerprint density at radius 1 is 1.75 bits per heavy atom. The van der Waals surface area contributed by atoms with E-state index in [9.17, 15) is 4.79 Å². The molecule has 3 N–H and O–H groups in total. The van der Waals surface area contributed by atoms with Crippen LogP contribution in [0.1, 0.15) is 6.92 Å². The lowest BCUT2D eigenvalue weighted by Gasteiger charge is -2.36. The van der Waals surface area contributed by atoms with Crippen molar-refractivity contribution in [2.75, 3.05) is 19.7 Å². The van der Waals surface area contributed by atoms with Gasteiger partial charge in [-0.2, -0.15) is 0 Å². The summed E-state index contributed by atoms with van der Waals surface area (Å²) in [4.78, 5) is 12.0. The van der Waals surface area contributed by atoms with E-state index in [4.69, 9.17) is 10.2 Å². The molecule has 1 heterocycles. The number of carboxylic acid groups (broad SMARTS) is 1. The van der Waals surface area contributed by atoms with Crippen LogP contribution in [0.15, 0.2) is 0 Å². The largest absolute Gasteiger partial charge is 0.465 e. The maximum atomic E-state index is 10.6. The molecule has 1 rings (SSSR count). The molecule has 0 bridgehead atoms. The fourth-order valence-corrected chi connectivity index (χ4v) is 1.32. The van der Waals surface area contributed by atoms with Gasteiger partial charge in [0, 0.05) is 25.2 Å². The fourth-order valence-electron chi connectivity index (χ4n) is 1.32. The normalized spacial score (nSPS) is 30.3. The standard InChI is InChI=1S/C7H14N2O3/c1-5-2-8-6(4-10)3-9(5)7(11)12/h5-6,8,10H,2-4H2,1H3,(H,11,12)/t5-,6+/m1/s1. The summed E-state index contributed by atoms with van der Waals surface area (Å²) < 4.78 is 0. The molecule has 5 heteroatoms. The Hall–Kier alpha value is -0.810. The number of carbonyl (C=O) groups is 1. The number of hydrogen-bond acceptors (Lipinski definition) is 3. The zero-order chi connectivity index (χ0) is 9.14. The molecule has 5 nitrogen and oxygen atoms in total. The monoisotopic (exact) mass is 174 g/mol. The van der Waals surface area contributed by atoms with E-state index in [1.54, 1.807) is 0 Å². The third kappa shape index (κ3) is 1.86. The van der Waals surface area contributed by atoms with E-state index in [0.717, 1.165) is 0 Å². The summed E-state index contributed by atoms with van der Waals surface area (Å²) in [6.07, 6.45) is -0.914. The number of nitrogens with one attached hydrogen (secondary N) is 1. The van der Waals surface area contributed by atoms with Crippen LogP contribution in [0.5, 0.6) is 0 Å². The van der Waals surface area contributed by atoms with Gasteiger partial charge in [0.1, 0.15) is 0 Å². The summed E-state index contributed by atoms with van der Waals surface area (Å²) >= 11 is 0. The Morgan fingerprint density at radius 2 is 2.42 bits per heavy atom. The molecule has 0 radical (unpaired) electrons. The van der Waals surface area contributed by atoms with Crippen molar-refractivity contribution in [3.63, 3.8) is 0 Å². The second kappa shape index (κ2) is 3.73. The van der Waals surface area contributed by atoms with E-state index >= 15 is 0 Å². The summed E-state index contributed by atoms with van der Waals surface area (Å²) in [5.74, 6) is 0. The van der Waals surface area contributed by atoms with Crippen molar-refractivity contribution in [3.8, 4) is 0 Å². The summed E-state index contributed by atoms with van der Waals surface area (Å²) in [5, 5.41) is 20.6. The van der Waals surface area contributed by atoms with Gasteiger partial charge in [0.2, 0.25) is 0 Å². The summed E-state index contributed by atoms with van der Waals surface area (Å²) in [5.41, 5.74) is 0. The first-order chi connectivity index (χ1) is 5.65. The van der Waals surface area contributed by atoms with Gasteiger partial charge in [0.15, 0.2) is 0 Å². The minimum atomic E-state index is -0.914. The lowest BCUT2D eigenvalue weighted by molar-refractivity contribution is 0.0904. The van der Waals surface area contributed by atoms with Gasteiger partial charge >= 0.3 is 6.09 Å². The van der Waals surface area contributed by atoms with Crippen LogP contribution >= 0.6 is 0 Å². The summed E-state index contributed by atoms with van der Waals surface area (Å²) in [6, 6.07) is -0.123. The predicted octanol–water partition coefficient (Wildman–Crippen LogP) is -0.681. The van der Waals surface area contributed by atoms with E-state index in [-0.39, 0.29) is 18.7 Å². The Balaban J connectivity index is 2.53. The molecule has 0 aromatic carbocycles. The molecule has 1 fully saturated rings.